The third kappa shape index (κ3) is 3.00. The second-order valence-electron chi connectivity index (χ2n) is 4.25. The highest BCUT2D eigenvalue weighted by Gasteiger charge is 2.18. The van der Waals surface area contributed by atoms with Crippen LogP contribution in [0.15, 0.2) is 5.38 Å². The Morgan fingerprint density at radius 1 is 1.60 bits per heavy atom. The molecule has 2 heterocycles. The molecule has 0 aliphatic carbocycles. The third-order valence-electron chi connectivity index (χ3n) is 2.76. The van der Waals surface area contributed by atoms with E-state index >= 15 is 0 Å². The van der Waals surface area contributed by atoms with Gasteiger partial charge in [-0.25, -0.2) is 4.98 Å². The van der Waals surface area contributed by atoms with Crippen molar-refractivity contribution in [1.29, 1.82) is 0 Å². The lowest BCUT2D eigenvalue weighted by molar-refractivity contribution is 0.194. The molecule has 1 atom stereocenters. The van der Waals surface area contributed by atoms with E-state index in [1.165, 1.54) is 17.8 Å². The summed E-state index contributed by atoms with van der Waals surface area (Å²) in [6.07, 6.45) is 2.79. The minimum Gasteiger partial charge on any atom is -0.393 e. The molecule has 1 aromatic heterocycles. The summed E-state index contributed by atoms with van der Waals surface area (Å²) in [5.41, 5.74) is 1.04. The number of aliphatic hydroxyl groups is 1. The molecule has 1 saturated heterocycles. The van der Waals surface area contributed by atoms with Crippen molar-refractivity contribution >= 4 is 11.3 Å². The van der Waals surface area contributed by atoms with Crippen molar-refractivity contribution in [3.8, 4) is 0 Å². The zero-order valence-corrected chi connectivity index (χ0v) is 9.89. The van der Waals surface area contributed by atoms with Crippen LogP contribution in [0, 0.1) is 0 Å². The Kier molecular flexibility index (Phi) is 3.72. The fraction of sp³-hybridized carbons (Fsp3) is 0.727. The highest BCUT2D eigenvalue weighted by molar-refractivity contribution is 7.09. The quantitative estimate of drug-likeness (QED) is 0.821. The van der Waals surface area contributed by atoms with Crippen LogP contribution in [-0.4, -0.2) is 29.3 Å². The van der Waals surface area contributed by atoms with Gasteiger partial charge < -0.3 is 10.4 Å². The van der Waals surface area contributed by atoms with Gasteiger partial charge in [0.1, 0.15) is 0 Å². The Hall–Kier alpha value is -0.450. The second-order valence-corrected chi connectivity index (χ2v) is 5.14. The van der Waals surface area contributed by atoms with Gasteiger partial charge in [0.2, 0.25) is 0 Å². The Morgan fingerprint density at radius 3 is 3.00 bits per heavy atom. The van der Waals surface area contributed by atoms with Gasteiger partial charge in [-0.05, 0) is 32.9 Å². The van der Waals surface area contributed by atoms with Crippen molar-refractivity contribution in [3.05, 3.63) is 16.1 Å². The molecule has 2 rings (SSSR count). The molecule has 15 heavy (non-hydrogen) atoms. The van der Waals surface area contributed by atoms with Gasteiger partial charge in [-0.1, -0.05) is 0 Å². The van der Waals surface area contributed by atoms with Crippen LogP contribution in [0.25, 0.3) is 0 Å². The minimum atomic E-state index is -0.284. The maximum absolute atomic E-state index is 9.28. The summed E-state index contributed by atoms with van der Waals surface area (Å²) in [7, 11) is 0. The molecule has 0 saturated carbocycles. The van der Waals surface area contributed by atoms with E-state index in [1.807, 2.05) is 6.92 Å². The summed E-state index contributed by atoms with van der Waals surface area (Å²) in [5, 5.41) is 16.0. The number of aliphatic hydroxyl groups excluding tert-OH is 1. The van der Waals surface area contributed by atoms with Crippen LogP contribution in [0.5, 0.6) is 0 Å². The van der Waals surface area contributed by atoms with Crippen molar-refractivity contribution in [2.75, 3.05) is 13.1 Å². The first-order valence-electron chi connectivity index (χ1n) is 5.59. The van der Waals surface area contributed by atoms with Crippen molar-refractivity contribution in [3.63, 3.8) is 0 Å². The van der Waals surface area contributed by atoms with Gasteiger partial charge in [0.15, 0.2) is 0 Å². The first kappa shape index (κ1) is 11.0. The smallest absolute Gasteiger partial charge is 0.0960 e. The van der Waals surface area contributed by atoms with Gasteiger partial charge in [0, 0.05) is 17.7 Å². The standard InChI is InChI=1S/C11H18N2OS/c1-8(14)6-10-7-15-11(13-10)9-2-4-12-5-3-9/h7-9,12,14H,2-6H2,1H3. The maximum atomic E-state index is 9.28. The molecule has 0 radical (unpaired) electrons. The van der Waals surface area contributed by atoms with Crippen LogP contribution in [-0.2, 0) is 6.42 Å². The van der Waals surface area contributed by atoms with Crippen LogP contribution in [0.1, 0.15) is 36.4 Å². The van der Waals surface area contributed by atoms with Crippen LogP contribution in [0.2, 0.25) is 0 Å². The Morgan fingerprint density at radius 2 is 2.33 bits per heavy atom. The molecule has 1 fully saturated rings. The molecule has 0 aromatic carbocycles. The molecule has 2 N–H and O–H groups in total. The molecule has 84 valence electrons. The summed E-state index contributed by atoms with van der Waals surface area (Å²) in [4.78, 5) is 4.60. The van der Waals surface area contributed by atoms with Crippen LogP contribution >= 0.6 is 11.3 Å². The van der Waals surface area contributed by atoms with E-state index in [0.717, 1.165) is 18.8 Å². The molecule has 0 spiro atoms. The van der Waals surface area contributed by atoms with Gasteiger partial charge >= 0.3 is 0 Å². The maximum Gasteiger partial charge on any atom is 0.0960 e. The molecule has 1 aliphatic heterocycles. The van der Waals surface area contributed by atoms with Crippen LogP contribution in [0.3, 0.4) is 0 Å². The topological polar surface area (TPSA) is 45.1 Å². The predicted molar refractivity (Wildman–Crippen MR) is 62.3 cm³/mol. The zero-order chi connectivity index (χ0) is 10.7. The summed E-state index contributed by atoms with van der Waals surface area (Å²) < 4.78 is 0. The largest absolute Gasteiger partial charge is 0.393 e. The van der Waals surface area contributed by atoms with E-state index in [4.69, 9.17) is 0 Å². The van der Waals surface area contributed by atoms with Crippen LogP contribution in [0.4, 0.5) is 0 Å². The molecular weight excluding hydrogens is 208 g/mol. The Balaban J connectivity index is 1.99. The van der Waals surface area contributed by atoms with E-state index in [9.17, 15) is 5.11 Å². The lowest BCUT2D eigenvalue weighted by atomic mass is 9.99. The summed E-state index contributed by atoms with van der Waals surface area (Å²) in [6, 6.07) is 0. The van der Waals surface area contributed by atoms with Crippen molar-refractivity contribution < 1.29 is 5.11 Å². The van der Waals surface area contributed by atoms with E-state index < -0.39 is 0 Å². The van der Waals surface area contributed by atoms with E-state index in [-0.39, 0.29) is 6.10 Å². The number of hydrogen-bond donors (Lipinski definition) is 2. The number of nitrogens with zero attached hydrogens (tertiary/aromatic N) is 1. The van der Waals surface area contributed by atoms with E-state index in [1.54, 1.807) is 11.3 Å². The molecule has 1 unspecified atom stereocenters. The number of piperidine rings is 1. The fourth-order valence-corrected chi connectivity index (χ4v) is 2.98. The average Bonchev–Trinajstić information content (AvgIpc) is 2.67. The Labute approximate surface area is 94.5 Å². The number of hydrogen-bond acceptors (Lipinski definition) is 4. The van der Waals surface area contributed by atoms with Crippen LogP contribution < -0.4 is 5.32 Å². The van der Waals surface area contributed by atoms with Gasteiger partial charge in [-0.15, -0.1) is 11.3 Å². The SMILES string of the molecule is CC(O)Cc1csc(C2CCNCC2)n1. The number of aromatic nitrogens is 1. The lowest BCUT2D eigenvalue weighted by Gasteiger charge is -2.20. The highest BCUT2D eigenvalue weighted by atomic mass is 32.1. The number of rotatable bonds is 3. The molecule has 0 bridgehead atoms. The van der Waals surface area contributed by atoms with Crippen molar-refractivity contribution in [2.45, 2.75) is 38.2 Å². The molecule has 1 aromatic rings. The molecule has 3 nitrogen and oxygen atoms in total. The van der Waals surface area contributed by atoms with Gasteiger partial charge in [0.05, 0.1) is 16.8 Å². The highest BCUT2D eigenvalue weighted by Crippen LogP contribution is 2.28. The summed E-state index contributed by atoms with van der Waals surface area (Å²) in [6.45, 7) is 4.02. The van der Waals surface area contributed by atoms with E-state index in [0.29, 0.717) is 12.3 Å². The van der Waals surface area contributed by atoms with Crippen molar-refractivity contribution in [2.24, 2.45) is 0 Å². The molecule has 1 aliphatic rings. The monoisotopic (exact) mass is 226 g/mol. The average molecular weight is 226 g/mol. The third-order valence-corrected chi connectivity index (χ3v) is 3.82. The lowest BCUT2D eigenvalue weighted by Crippen LogP contribution is -2.26. The molecule has 4 heteroatoms. The number of thiazole rings is 1. The first-order valence-corrected chi connectivity index (χ1v) is 6.46. The predicted octanol–water partition coefficient (Wildman–Crippen LogP) is 1.53. The van der Waals surface area contributed by atoms with E-state index in [2.05, 4.69) is 15.7 Å². The second kappa shape index (κ2) is 5.05. The number of nitrogens with one attached hydrogen (secondary N) is 1. The molecule has 0 amide bonds. The van der Waals surface area contributed by atoms with Gasteiger partial charge in [0.25, 0.3) is 0 Å². The molecular formula is C11H18N2OS. The fourth-order valence-electron chi connectivity index (χ4n) is 1.98. The zero-order valence-electron chi connectivity index (χ0n) is 9.07. The Bertz CT molecular complexity index is 305. The summed E-state index contributed by atoms with van der Waals surface area (Å²) in [5.74, 6) is 0.638. The van der Waals surface area contributed by atoms with Crippen molar-refractivity contribution in [1.82, 2.24) is 10.3 Å². The normalized spacial score (nSPS) is 20.4. The van der Waals surface area contributed by atoms with Gasteiger partial charge in [-0.2, -0.15) is 0 Å². The summed E-state index contributed by atoms with van der Waals surface area (Å²) >= 11 is 1.75. The first-order chi connectivity index (χ1) is 7.25. The van der Waals surface area contributed by atoms with Gasteiger partial charge in [-0.3, -0.25) is 0 Å². The minimum absolute atomic E-state index is 0.284.